The van der Waals surface area contributed by atoms with E-state index in [0.29, 0.717) is 29.9 Å². The van der Waals surface area contributed by atoms with Crippen LogP contribution >= 0.6 is 0 Å². The number of hydrogen-bond donors (Lipinski definition) is 0. The highest BCUT2D eigenvalue weighted by Crippen LogP contribution is 2.63. The largest absolute Gasteiger partial charge is 0.456 e. The molecule has 0 N–H and O–H groups in total. The second kappa shape index (κ2) is 6.45. The van der Waals surface area contributed by atoms with Crippen molar-refractivity contribution >= 4 is 5.97 Å². The van der Waals surface area contributed by atoms with Gasteiger partial charge in [0.2, 0.25) is 0 Å². The second-order valence-corrected chi connectivity index (χ2v) is 8.97. The van der Waals surface area contributed by atoms with Crippen LogP contribution in [-0.2, 0) is 19.0 Å². The Balaban J connectivity index is 1.73. The van der Waals surface area contributed by atoms with Gasteiger partial charge in [-0.1, -0.05) is 20.4 Å². The third-order valence-corrected chi connectivity index (χ3v) is 6.12. The van der Waals surface area contributed by atoms with E-state index >= 15 is 0 Å². The molecule has 4 rings (SSSR count). The molecule has 4 fully saturated rings. The Labute approximate surface area is 145 Å². The van der Waals surface area contributed by atoms with Crippen LogP contribution in [0, 0.1) is 23.2 Å². The molecule has 0 aromatic heterocycles. The third-order valence-electron chi connectivity index (χ3n) is 6.12. The maximum atomic E-state index is 12.2. The van der Waals surface area contributed by atoms with Crippen molar-refractivity contribution in [2.45, 2.75) is 71.2 Å². The van der Waals surface area contributed by atoms with Crippen molar-refractivity contribution in [3.8, 4) is 0 Å². The smallest absolute Gasteiger partial charge is 0.333 e. The lowest BCUT2D eigenvalue weighted by Gasteiger charge is -2.61. The lowest BCUT2D eigenvalue weighted by molar-refractivity contribution is -0.228. The SMILES string of the molecule is C=C(C)C(=O)OC12CC3CC(CC(COC(OC)C(C)C)(C3)C1)C2. The molecule has 136 valence electrons. The highest BCUT2D eigenvalue weighted by atomic mass is 16.7. The van der Waals surface area contributed by atoms with E-state index in [1.165, 1.54) is 19.3 Å². The summed E-state index contributed by atoms with van der Waals surface area (Å²) < 4.78 is 17.6. The minimum absolute atomic E-state index is 0.144. The molecule has 0 radical (unpaired) electrons. The molecule has 4 aliphatic rings. The van der Waals surface area contributed by atoms with Gasteiger partial charge >= 0.3 is 5.97 Å². The van der Waals surface area contributed by atoms with E-state index in [0.717, 1.165) is 19.3 Å². The van der Waals surface area contributed by atoms with Gasteiger partial charge in [-0.25, -0.2) is 4.79 Å². The van der Waals surface area contributed by atoms with E-state index in [4.69, 9.17) is 14.2 Å². The van der Waals surface area contributed by atoms with Crippen molar-refractivity contribution in [1.29, 1.82) is 0 Å². The van der Waals surface area contributed by atoms with Crippen LogP contribution in [-0.4, -0.2) is 31.6 Å². The first-order valence-electron chi connectivity index (χ1n) is 9.30. The lowest BCUT2D eigenvalue weighted by atomic mass is 9.48. The normalized spacial score (nSPS) is 38.4. The summed E-state index contributed by atoms with van der Waals surface area (Å²) in [4.78, 5) is 12.2. The van der Waals surface area contributed by atoms with Crippen LogP contribution < -0.4 is 0 Å². The molecule has 0 saturated heterocycles. The molecule has 3 unspecified atom stereocenters. The van der Waals surface area contributed by atoms with Crippen LogP contribution in [0.4, 0.5) is 0 Å². The monoisotopic (exact) mass is 336 g/mol. The number of carbonyl (C=O) groups excluding carboxylic acids is 1. The molecular weight excluding hydrogens is 304 g/mol. The topological polar surface area (TPSA) is 44.8 Å². The summed E-state index contributed by atoms with van der Waals surface area (Å²) in [5.74, 6) is 1.42. The van der Waals surface area contributed by atoms with Crippen molar-refractivity contribution in [3.63, 3.8) is 0 Å². The third kappa shape index (κ3) is 3.41. The molecular formula is C20H32O4. The summed E-state index contributed by atoms with van der Waals surface area (Å²) in [6, 6.07) is 0. The van der Waals surface area contributed by atoms with Crippen LogP contribution in [0.3, 0.4) is 0 Å². The minimum Gasteiger partial charge on any atom is -0.456 e. The molecule has 3 atom stereocenters. The standard InChI is InChI=1S/C20H32O4/c1-13(2)17(21)24-20-9-15-6-16(10-20)8-19(7-15,11-20)12-23-18(22-5)14(3)4/h14-16,18H,1,6-12H2,2-5H3. The Morgan fingerprint density at radius 1 is 1.21 bits per heavy atom. The molecule has 4 heteroatoms. The molecule has 0 aromatic carbocycles. The number of carbonyl (C=O) groups is 1. The molecule has 0 heterocycles. The van der Waals surface area contributed by atoms with E-state index in [1.54, 1.807) is 14.0 Å². The van der Waals surface area contributed by atoms with Crippen molar-refractivity contribution in [3.05, 3.63) is 12.2 Å². The zero-order chi connectivity index (χ0) is 17.5. The Bertz CT molecular complexity index is 496. The van der Waals surface area contributed by atoms with Crippen molar-refractivity contribution < 1.29 is 19.0 Å². The molecule has 0 aliphatic heterocycles. The molecule has 4 bridgehead atoms. The fourth-order valence-electron chi connectivity index (χ4n) is 5.73. The summed E-state index contributed by atoms with van der Waals surface area (Å²) in [5.41, 5.74) is 0.352. The number of ether oxygens (including phenoxy) is 3. The van der Waals surface area contributed by atoms with Gasteiger partial charge in [-0.05, 0) is 62.7 Å². The summed E-state index contributed by atoms with van der Waals surface area (Å²) in [5, 5.41) is 0. The molecule has 0 aromatic rings. The van der Waals surface area contributed by atoms with Crippen LogP contribution in [0.1, 0.15) is 59.3 Å². The van der Waals surface area contributed by atoms with Gasteiger partial charge in [-0.15, -0.1) is 0 Å². The molecule has 0 spiro atoms. The van der Waals surface area contributed by atoms with Crippen LogP contribution in [0.2, 0.25) is 0 Å². The number of methoxy groups -OCH3 is 1. The van der Waals surface area contributed by atoms with E-state index in [9.17, 15) is 4.79 Å². The van der Waals surface area contributed by atoms with Crippen LogP contribution in [0.15, 0.2) is 12.2 Å². The van der Waals surface area contributed by atoms with Crippen molar-refractivity contribution in [2.75, 3.05) is 13.7 Å². The van der Waals surface area contributed by atoms with Crippen molar-refractivity contribution in [2.24, 2.45) is 23.2 Å². The molecule has 0 amide bonds. The van der Waals surface area contributed by atoms with Gasteiger partial charge in [0.15, 0.2) is 6.29 Å². The Kier molecular flexibility index (Phi) is 4.82. The van der Waals surface area contributed by atoms with Crippen LogP contribution in [0.5, 0.6) is 0 Å². The van der Waals surface area contributed by atoms with Gasteiger partial charge < -0.3 is 14.2 Å². The Hall–Kier alpha value is -0.870. The number of esters is 1. The average molecular weight is 336 g/mol. The number of rotatable bonds is 7. The van der Waals surface area contributed by atoms with Gasteiger partial charge in [-0.2, -0.15) is 0 Å². The zero-order valence-corrected chi connectivity index (χ0v) is 15.6. The van der Waals surface area contributed by atoms with E-state index in [1.807, 2.05) is 0 Å². The summed E-state index contributed by atoms with van der Waals surface area (Å²) in [6.07, 6.45) is 6.48. The molecule has 4 nitrogen and oxygen atoms in total. The fourth-order valence-corrected chi connectivity index (χ4v) is 5.73. The zero-order valence-electron chi connectivity index (χ0n) is 15.6. The average Bonchev–Trinajstić information content (AvgIpc) is 2.45. The predicted octanol–water partition coefficient (Wildman–Crippen LogP) is 4.09. The molecule has 4 saturated carbocycles. The maximum absolute atomic E-state index is 12.2. The summed E-state index contributed by atoms with van der Waals surface area (Å²) >= 11 is 0. The Morgan fingerprint density at radius 2 is 1.83 bits per heavy atom. The van der Waals surface area contributed by atoms with Gasteiger partial charge in [-0.3, -0.25) is 0 Å². The first kappa shape index (κ1) is 17.9. The lowest BCUT2D eigenvalue weighted by Crippen LogP contribution is -2.59. The highest BCUT2D eigenvalue weighted by molar-refractivity contribution is 5.87. The Morgan fingerprint density at radius 3 is 2.33 bits per heavy atom. The van der Waals surface area contributed by atoms with E-state index in [2.05, 4.69) is 20.4 Å². The van der Waals surface area contributed by atoms with Gasteiger partial charge in [0.25, 0.3) is 0 Å². The number of hydrogen-bond acceptors (Lipinski definition) is 4. The van der Waals surface area contributed by atoms with Gasteiger partial charge in [0, 0.05) is 18.6 Å². The molecule has 4 aliphatic carbocycles. The summed E-state index contributed by atoms with van der Waals surface area (Å²) in [7, 11) is 1.71. The predicted molar refractivity (Wildman–Crippen MR) is 92.3 cm³/mol. The first-order chi connectivity index (χ1) is 11.3. The van der Waals surface area contributed by atoms with Gasteiger partial charge in [0.1, 0.15) is 5.60 Å². The minimum atomic E-state index is -0.288. The van der Waals surface area contributed by atoms with E-state index in [-0.39, 0.29) is 23.3 Å². The quantitative estimate of drug-likeness (QED) is 0.399. The van der Waals surface area contributed by atoms with E-state index < -0.39 is 0 Å². The van der Waals surface area contributed by atoms with Gasteiger partial charge in [0.05, 0.1) is 6.61 Å². The maximum Gasteiger partial charge on any atom is 0.333 e. The second-order valence-electron chi connectivity index (χ2n) is 8.97. The molecule has 24 heavy (non-hydrogen) atoms. The van der Waals surface area contributed by atoms with Crippen molar-refractivity contribution in [1.82, 2.24) is 0 Å². The first-order valence-corrected chi connectivity index (χ1v) is 9.30. The summed E-state index contributed by atoms with van der Waals surface area (Å²) in [6.45, 7) is 10.4. The highest BCUT2D eigenvalue weighted by Gasteiger charge is 2.59. The fraction of sp³-hybridized carbons (Fsp3) is 0.850. The van der Waals surface area contributed by atoms with Crippen LogP contribution in [0.25, 0.3) is 0 Å².